The maximum absolute atomic E-state index is 13.3. The summed E-state index contributed by atoms with van der Waals surface area (Å²) < 4.78 is 51.4. The van der Waals surface area contributed by atoms with E-state index in [1.54, 1.807) is 0 Å². The molecule has 2 rings (SSSR count). The van der Waals surface area contributed by atoms with Gasteiger partial charge in [-0.2, -0.15) is 24.9 Å². The molecule has 1 aliphatic rings. The highest BCUT2D eigenvalue weighted by Crippen LogP contribution is 2.39. The zero-order valence-corrected chi connectivity index (χ0v) is 12.7. The minimum atomic E-state index is -4.51. The van der Waals surface area contributed by atoms with Crippen LogP contribution in [0.25, 0.3) is 0 Å². The first kappa shape index (κ1) is 16.6. The number of benzene rings is 1. The van der Waals surface area contributed by atoms with Crippen LogP contribution in [0.4, 0.5) is 17.6 Å². The molecule has 1 aromatic carbocycles. The standard InChI is InChI=1S/C15H19F4NS/c1-21-14(4-2-3-5-14)10-20-9-11-6-12(15(17,18)19)8-13(16)7-11/h6-8,20H,2-5,9-10H2,1H3. The number of halogens is 4. The molecule has 0 aromatic heterocycles. The van der Waals surface area contributed by atoms with Crippen molar-refractivity contribution in [1.82, 2.24) is 5.32 Å². The number of thioether (sulfide) groups is 1. The summed E-state index contributed by atoms with van der Waals surface area (Å²) >= 11 is 1.81. The molecule has 0 radical (unpaired) electrons. The highest BCUT2D eigenvalue weighted by molar-refractivity contribution is 8.00. The fourth-order valence-corrected chi connectivity index (χ4v) is 3.77. The second-order valence-corrected chi connectivity index (χ2v) is 6.82. The first-order valence-corrected chi connectivity index (χ1v) is 8.20. The topological polar surface area (TPSA) is 12.0 Å². The molecule has 0 atom stereocenters. The Morgan fingerprint density at radius 2 is 1.86 bits per heavy atom. The Morgan fingerprint density at radius 1 is 1.19 bits per heavy atom. The normalized spacial score (nSPS) is 18.1. The third-order valence-corrected chi connectivity index (χ3v) is 5.43. The second kappa shape index (κ2) is 6.57. The first-order valence-electron chi connectivity index (χ1n) is 6.97. The summed E-state index contributed by atoms with van der Waals surface area (Å²) in [6.45, 7) is 0.995. The van der Waals surface area contributed by atoms with Crippen LogP contribution in [0.2, 0.25) is 0 Å². The molecule has 1 N–H and O–H groups in total. The summed E-state index contributed by atoms with van der Waals surface area (Å²) in [6.07, 6.45) is 2.19. The van der Waals surface area contributed by atoms with Gasteiger partial charge in [0.2, 0.25) is 0 Å². The molecule has 21 heavy (non-hydrogen) atoms. The van der Waals surface area contributed by atoms with Gasteiger partial charge in [0.05, 0.1) is 5.56 Å². The van der Waals surface area contributed by atoms with Crippen LogP contribution < -0.4 is 5.32 Å². The maximum atomic E-state index is 13.3. The number of hydrogen-bond donors (Lipinski definition) is 1. The van der Waals surface area contributed by atoms with E-state index in [0.29, 0.717) is 11.6 Å². The van der Waals surface area contributed by atoms with Crippen molar-refractivity contribution in [2.45, 2.75) is 43.2 Å². The largest absolute Gasteiger partial charge is 0.416 e. The Hall–Kier alpha value is -0.750. The van der Waals surface area contributed by atoms with Gasteiger partial charge in [-0.05, 0) is 42.9 Å². The molecule has 118 valence electrons. The average Bonchev–Trinajstić information content (AvgIpc) is 2.86. The summed E-state index contributed by atoms with van der Waals surface area (Å²) in [5.74, 6) is -0.845. The Balaban J connectivity index is 1.98. The predicted octanol–water partition coefficient (Wildman–Crippen LogP) is 4.61. The van der Waals surface area contributed by atoms with Gasteiger partial charge in [-0.15, -0.1) is 0 Å². The third kappa shape index (κ3) is 4.36. The lowest BCUT2D eigenvalue weighted by molar-refractivity contribution is -0.137. The van der Waals surface area contributed by atoms with Crippen LogP contribution in [0.5, 0.6) is 0 Å². The molecule has 0 saturated heterocycles. The lowest BCUT2D eigenvalue weighted by Crippen LogP contribution is -2.34. The van der Waals surface area contributed by atoms with Crippen LogP contribution >= 0.6 is 11.8 Å². The van der Waals surface area contributed by atoms with Crippen LogP contribution in [0, 0.1) is 5.82 Å². The Morgan fingerprint density at radius 3 is 2.43 bits per heavy atom. The minimum Gasteiger partial charge on any atom is -0.311 e. The van der Waals surface area contributed by atoms with Crippen molar-refractivity contribution in [2.24, 2.45) is 0 Å². The van der Waals surface area contributed by atoms with Gasteiger partial charge in [0.1, 0.15) is 5.82 Å². The quantitative estimate of drug-likeness (QED) is 0.795. The third-order valence-electron chi connectivity index (χ3n) is 4.01. The van der Waals surface area contributed by atoms with E-state index in [1.165, 1.54) is 12.8 Å². The van der Waals surface area contributed by atoms with E-state index in [0.717, 1.165) is 31.5 Å². The van der Waals surface area contributed by atoms with E-state index in [4.69, 9.17) is 0 Å². The van der Waals surface area contributed by atoms with Crippen molar-refractivity contribution in [3.63, 3.8) is 0 Å². The van der Waals surface area contributed by atoms with E-state index < -0.39 is 17.6 Å². The zero-order chi connectivity index (χ0) is 15.5. The predicted molar refractivity (Wildman–Crippen MR) is 77.8 cm³/mol. The molecular weight excluding hydrogens is 302 g/mol. The van der Waals surface area contributed by atoms with Crippen LogP contribution in [0.3, 0.4) is 0 Å². The van der Waals surface area contributed by atoms with Crippen molar-refractivity contribution in [3.05, 3.63) is 35.1 Å². The highest BCUT2D eigenvalue weighted by Gasteiger charge is 2.33. The van der Waals surface area contributed by atoms with Gasteiger partial charge < -0.3 is 5.32 Å². The highest BCUT2D eigenvalue weighted by atomic mass is 32.2. The van der Waals surface area contributed by atoms with Crippen LogP contribution in [0.1, 0.15) is 36.8 Å². The van der Waals surface area contributed by atoms with E-state index in [-0.39, 0.29) is 11.3 Å². The summed E-state index contributed by atoms with van der Waals surface area (Å²) in [4.78, 5) is 0. The molecule has 0 spiro atoms. The summed E-state index contributed by atoms with van der Waals surface area (Å²) in [5, 5.41) is 3.19. The molecule has 0 bridgehead atoms. The van der Waals surface area contributed by atoms with Crippen LogP contribution in [0.15, 0.2) is 18.2 Å². The summed E-state index contributed by atoms with van der Waals surface area (Å²) in [5.41, 5.74) is -0.601. The fourth-order valence-electron chi connectivity index (χ4n) is 2.82. The van der Waals surface area contributed by atoms with Crippen LogP contribution in [-0.4, -0.2) is 17.5 Å². The lowest BCUT2D eigenvalue weighted by atomic mass is 10.1. The molecule has 1 nitrogen and oxygen atoms in total. The molecule has 1 saturated carbocycles. The van der Waals surface area contributed by atoms with E-state index in [9.17, 15) is 17.6 Å². The second-order valence-electron chi connectivity index (χ2n) is 5.54. The molecule has 0 unspecified atom stereocenters. The number of nitrogens with one attached hydrogen (secondary N) is 1. The van der Waals surface area contributed by atoms with Gasteiger partial charge in [0, 0.05) is 17.8 Å². The first-order chi connectivity index (χ1) is 9.85. The molecular formula is C15H19F4NS. The van der Waals surface area contributed by atoms with Gasteiger partial charge in [-0.1, -0.05) is 12.8 Å². The van der Waals surface area contributed by atoms with Crippen molar-refractivity contribution >= 4 is 11.8 Å². The average molecular weight is 321 g/mol. The molecule has 0 amide bonds. The van der Waals surface area contributed by atoms with Crippen molar-refractivity contribution in [2.75, 3.05) is 12.8 Å². The van der Waals surface area contributed by atoms with Crippen molar-refractivity contribution in [3.8, 4) is 0 Å². The van der Waals surface area contributed by atoms with Gasteiger partial charge in [-0.25, -0.2) is 4.39 Å². The molecule has 1 fully saturated rings. The summed E-state index contributed by atoms with van der Waals surface area (Å²) in [6, 6.07) is 2.70. The smallest absolute Gasteiger partial charge is 0.311 e. The van der Waals surface area contributed by atoms with Gasteiger partial charge in [-0.3, -0.25) is 0 Å². The Bertz CT molecular complexity index is 481. The zero-order valence-electron chi connectivity index (χ0n) is 11.9. The molecule has 0 heterocycles. The molecule has 6 heteroatoms. The monoisotopic (exact) mass is 321 g/mol. The van der Waals surface area contributed by atoms with Gasteiger partial charge in [0.15, 0.2) is 0 Å². The molecule has 1 aromatic rings. The SMILES string of the molecule is CSC1(CNCc2cc(F)cc(C(F)(F)F)c2)CCCC1. The Kier molecular flexibility index (Phi) is 5.20. The number of alkyl halides is 3. The maximum Gasteiger partial charge on any atom is 0.416 e. The molecule has 1 aliphatic carbocycles. The number of rotatable bonds is 5. The number of hydrogen-bond acceptors (Lipinski definition) is 2. The Labute approximate surface area is 126 Å². The van der Waals surface area contributed by atoms with Gasteiger partial charge in [0.25, 0.3) is 0 Å². The van der Waals surface area contributed by atoms with Gasteiger partial charge >= 0.3 is 6.18 Å². The van der Waals surface area contributed by atoms with E-state index in [2.05, 4.69) is 11.6 Å². The van der Waals surface area contributed by atoms with E-state index in [1.807, 2.05) is 11.8 Å². The minimum absolute atomic E-state index is 0.181. The van der Waals surface area contributed by atoms with Crippen LogP contribution in [-0.2, 0) is 12.7 Å². The van der Waals surface area contributed by atoms with Crippen molar-refractivity contribution in [1.29, 1.82) is 0 Å². The van der Waals surface area contributed by atoms with Crippen molar-refractivity contribution < 1.29 is 17.6 Å². The lowest BCUT2D eigenvalue weighted by Gasteiger charge is -2.27. The van der Waals surface area contributed by atoms with E-state index >= 15 is 0 Å². The fraction of sp³-hybridized carbons (Fsp3) is 0.600. The molecule has 0 aliphatic heterocycles. The summed E-state index contributed by atoms with van der Waals surface area (Å²) in [7, 11) is 0.